The van der Waals surface area contributed by atoms with Crippen molar-refractivity contribution in [2.24, 2.45) is 28.6 Å². The van der Waals surface area contributed by atoms with Gasteiger partial charge in [0.1, 0.15) is 91.6 Å². The summed E-state index contributed by atoms with van der Waals surface area (Å²) in [6, 6.07) is 0. The summed E-state index contributed by atoms with van der Waals surface area (Å²) in [5, 5.41) is 138. The van der Waals surface area contributed by atoms with Crippen molar-refractivity contribution in [2.45, 2.75) is 220 Å². The Morgan fingerprint density at radius 1 is 0.632 bits per heavy atom. The van der Waals surface area contributed by atoms with E-state index >= 15 is 0 Å². The van der Waals surface area contributed by atoms with Crippen molar-refractivity contribution in [1.29, 1.82) is 0 Å². The lowest BCUT2D eigenvalue weighted by molar-refractivity contribution is -0.366. The molecule has 4 heterocycles. The Balaban J connectivity index is 0.877. The molecule has 0 bridgehead atoms. The summed E-state index contributed by atoms with van der Waals surface area (Å²) in [5.41, 5.74) is -0.520. The first-order valence-electron chi connectivity index (χ1n) is 24.3. The van der Waals surface area contributed by atoms with Crippen LogP contribution in [-0.4, -0.2) is 234 Å². The number of aliphatic hydroxyl groups excluding tert-OH is 12. The molecule has 4 aliphatic carbocycles. The van der Waals surface area contributed by atoms with Crippen molar-refractivity contribution < 1.29 is 109 Å². The maximum absolute atomic E-state index is 12.8. The predicted octanol–water partition coefficient (Wildman–Crippen LogP) is -3.60. The number of allylic oxidation sites excluding steroid dienone is 1. The minimum atomic E-state index is -1.80. The maximum Gasteiger partial charge on any atom is 0.187 e. The van der Waals surface area contributed by atoms with Crippen molar-refractivity contribution in [1.82, 2.24) is 0 Å². The second-order valence-corrected chi connectivity index (χ2v) is 21.2. The first-order valence-corrected chi connectivity index (χ1v) is 24.3. The van der Waals surface area contributed by atoms with Crippen molar-refractivity contribution in [2.75, 3.05) is 26.9 Å². The maximum atomic E-state index is 12.8. The van der Waals surface area contributed by atoms with Crippen LogP contribution in [0, 0.1) is 28.6 Å². The van der Waals surface area contributed by atoms with Gasteiger partial charge in [-0.25, -0.2) is 0 Å². The first kappa shape index (κ1) is 53.2. The highest BCUT2D eigenvalue weighted by Gasteiger charge is 2.67. The van der Waals surface area contributed by atoms with Gasteiger partial charge < -0.3 is 109 Å². The van der Waals surface area contributed by atoms with E-state index in [0.29, 0.717) is 32.1 Å². The molecule has 0 aromatic rings. The number of aliphatic hydroxyl groups is 13. The van der Waals surface area contributed by atoms with Crippen molar-refractivity contribution in [3.8, 4) is 0 Å². The normalized spacial score (nSPS) is 54.6. The Kier molecular flexibility index (Phi) is 16.1. The number of hydrogen-bond acceptors (Lipinski definition) is 22. The number of methoxy groups -OCH3 is 1. The molecule has 392 valence electrons. The van der Waals surface area contributed by atoms with Gasteiger partial charge in [0, 0.05) is 12.5 Å². The smallest absolute Gasteiger partial charge is 0.187 e. The lowest BCUT2D eigenvalue weighted by Gasteiger charge is -2.61. The standard InChI is InChI=1S/C46H76O22/c1-18(62-41-35(56)32(53)29(50)26(16-48)66-41)22-10-13-46(59)24-7-6-20-14-21(8-11-44(20,3)23(24)9-12-45(22,46)4)64-43-37(58)39(60-5)38(19(2)63-43)68-42-36(57)33(54)30(51)27(67-42)17-61-40-34(55)31(52)28(49)25(15-47)65-40/h6,18-19,21-43,47-59H,7-17H2,1-5H3. The summed E-state index contributed by atoms with van der Waals surface area (Å²) < 4.78 is 53.2. The van der Waals surface area contributed by atoms with Gasteiger partial charge in [0.25, 0.3) is 0 Å². The Hall–Kier alpha value is -1.14. The topological polar surface area (TPSA) is 346 Å². The van der Waals surface area contributed by atoms with Gasteiger partial charge in [0.15, 0.2) is 25.2 Å². The summed E-state index contributed by atoms with van der Waals surface area (Å²) in [5.74, 6) is 0.0601. The molecule has 0 aromatic carbocycles. The molecular formula is C46H76O22. The summed E-state index contributed by atoms with van der Waals surface area (Å²) in [4.78, 5) is 0. The monoisotopic (exact) mass is 980 g/mol. The van der Waals surface area contributed by atoms with Gasteiger partial charge in [-0.3, -0.25) is 0 Å². The average Bonchev–Trinajstić information content (AvgIpc) is 3.60. The van der Waals surface area contributed by atoms with Crippen LogP contribution in [0.4, 0.5) is 0 Å². The first-order chi connectivity index (χ1) is 32.1. The largest absolute Gasteiger partial charge is 0.394 e. The van der Waals surface area contributed by atoms with E-state index in [1.165, 1.54) is 12.7 Å². The molecule has 0 amide bonds. The van der Waals surface area contributed by atoms with E-state index in [9.17, 15) is 66.4 Å². The van der Waals surface area contributed by atoms with Gasteiger partial charge in [-0.15, -0.1) is 0 Å². The molecule has 28 unspecified atom stereocenters. The molecule has 22 heteroatoms. The zero-order valence-electron chi connectivity index (χ0n) is 39.3. The number of fused-ring (bicyclic) bond motifs is 5. The number of hydrogen-bond donors (Lipinski definition) is 13. The Morgan fingerprint density at radius 2 is 1.21 bits per heavy atom. The molecule has 68 heavy (non-hydrogen) atoms. The highest BCUT2D eigenvalue weighted by Crippen LogP contribution is 2.68. The molecule has 22 nitrogen and oxygen atoms in total. The van der Waals surface area contributed by atoms with Crippen LogP contribution >= 0.6 is 0 Å². The van der Waals surface area contributed by atoms with Crippen molar-refractivity contribution in [3.05, 3.63) is 11.6 Å². The number of rotatable bonds is 13. The van der Waals surface area contributed by atoms with Crippen molar-refractivity contribution >= 4 is 0 Å². The van der Waals surface area contributed by atoms with Gasteiger partial charge in [0.2, 0.25) is 0 Å². The Labute approximate surface area is 395 Å². The van der Waals surface area contributed by atoms with E-state index in [0.717, 1.165) is 19.3 Å². The fraction of sp³-hybridized carbons (Fsp3) is 0.957. The van der Waals surface area contributed by atoms with Crippen LogP contribution in [0.2, 0.25) is 0 Å². The van der Waals surface area contributed by atoms with Crippen LogP contribution < -0.4 is 0 Å². The highest BCUT2D eigenvalue weighted by molar-refractivity contribution is 5.28. The molecule has 0 radical (unpaired) electrons. The second kappa shape index (κ2) is 20.6. The zero-order valence-corrected chi connectivity index (χ0v) is 39.3. The van der Waals surface area contributed by atoms with Gasteiger partial charge in [-0.2, -0.15) is 0 Å². The molecule has 0 aromatic heterocycles. The summed E-state index contributed by atoms with van der Waals surface area (Å²) in [6.45, 7) is 6.14. The minimum Gasteiger partial charge on any atom is -0.394 e. The predicted molar refractivity (Wildman–Crippen MR) is 228 cm³/mol. The third-order valence-electron chi connectivity index (χ3n) is 17.7. The zero-order chi connectivity index (χ0) is 49.4. The van der Waals surface area contributed by atoms with Crippen LogP contribution in [0.1, 0.15) is 79.1 Å². The van der Waals surface area contributed by atoms with E-state index in [1.807, 2.05) is 6.92 Å². The van der Waals surface area contributed by atoms with Gasteiger partial charge in [0.05, 0.1) is 43.7 Å². The molecule has 28 atom stereocenters. The van der Waals surface area contributed by atoms with Crippen LogP contribution in [0.15, 0.2) is 11.6 Å². The minimum absolute atomic E-state index is 0.0260. The average molecular weight is 981 g/mol. The third kappa shape index (κ3) is 9.17. The van der Waals surface area contributed by atoms with Crippen molar-refractivity contribution in [3.63, 3.8) is 0 Å². The Morgan fingerprint density at radius 3 is 1.84 bits per heavy atom. The molecule has 0 spiro atoms. The second-order valence-electron chi connectivity index (χ2n) is 21.2. The van der Waals surface area contributed by atoms with Gasteiger partial charge >= 0.3 is 0 Å². The van der Waals surface area contributed by atoms with Gasteiger partial charge in [-0.1, -0.05) is 25.5 Å². The third-order valence-corrected chi connectivity index (χ3v) is 17.7. The SMILES string of the molecule is COC1C(O)C(OC2CCC3(C)C(=CCC4C3CCC3(C)C(C(C)OC5OC(CO)C(O)C(O)C5O)CCC43O)C2)OC(C)C1OC1OC(COC2OC(CO)C(O)C(O)C2O)C(O)C(O)C1O. The number of ether oxygens (including phenoxy) is 9. The van der Waals surface area contributed by atoms with E-state index < -0.39 is 160 Å². The lowest BCUT2D eigenvalue weighted by Crippen LogP contribution is -2.65. The molecule has 4 saturated heterocycles. The van der Waals surface area contributed by atoms with Crippen LogP contribution in [0.25, 0.3) is 0 Å². The quantitative estimate of drug-likeness (QED) is 0.0793. The molecule has 7 fully saturated rings. The molecular weight excluding hydrogens is 904 g/mol. The molecule has 8 aliphatic rings. The summed E-state index contributed by atoms with van der Waals surface area (Å²) in [7, 11) is 1.37. The molecule has 13 N–H and O–H groups in total. The molecule has 8 rings (SSSR count). The Bertz CT molecular complexity index is 1730. The lowest BCUT2D eigenvalue weighted by atomic mass is 9.45. The van der Waals surface area contributed by atoms with E-state index in [4.69, 9.17) is 42.6 Å². The molecule has 3 saturated carbocycles. The van der Waals surface area contributed by atoms with E-state index in [-0.39, 0.29) is 29.3 Å². The summed E-state index contributed by atoms with van der Waals surface area (Å²) >= 11 is 0. The molecule has 4 aliphatic heterocycles. The van der Waals surface area contributed by atoms with E-state index in [2.05, 4.69) is 19.9 Å². The van der Waals surface area contributed by atoms with Crippen LogP contribution in [-0.2, 0) is 42.6 Å². The van der Waals surface area contributed by atoms with E-state index in [1.54, 1.807) is 6.92 Å². The fourth-order valence-corrected chi connectivity index (χ4v) is 13.5. The van der Waals surface area contributed by atoms with Crippen LogP contribution in [0.3, 0.4) is 0 Å². The summed E-state index contributed by atoms with van der Waals surface area (Å²) in [6.07, 6.45) is -21.6. The highest BCUT2D eigenvalue weighted by atomic mass is 16.8. The van der Waals surface area contributed by atoms with Crippen LogP contribution in [0.5, 0.6) is 0 Å². The fourth-order valence-electron chi connectivity index (χ4n) is 13.5. The van der Waals surface area contributed by atoms with Gasteiger partial charge in [-0.05, 0) is 88.4 Å².